The summed E-state index contributed by atoms with van der Waals surface area (Å²) in [7, 11) is 0. The van der Waals surface area contributed by atoms with E-state index in [2.05, 4.69) is 15.8 Å². The summed E-state index contributed by atoms with van der Waals surface area (Å²) in [5, 5.41) is 8.77. The molecule has 0 aliphatic heterocycles. The van der Waals surface area contributed by atoms with Crippen LogP contribution in [0.25, 0.3) is 0 Å². The topological polar surface area (TPSA) is 106 Å². The molecule has 0 heterocycles. The quantitative estimate of drug-likeness (QED) is 0.368. The Bertz CT molecular complexity index is 877. The van der Waals surface area contributed by atoms with Gasteiger partial charge in [0.25, 0.3) is 5.91 Å². The lowest BCUT2D eigenvalue weighted by Crippen LogP contribution is -2.23. The zero-order valence-electron chi connectivity index (χ0n) is 13.8. The average molecular weight is 413 g/mol. The molecule has 0 fully saturated rings. The number of nitrogens with zero attached hydrogens (tertiary/aromatic N) is 1. The first-order valence-corrected chi connectivity index (χ1v) is 8.34. The van der Waals surface area contributed by atoms with E-state index in [4.69, 9.17) is 33.8 Å². The summed E-state index contributed by atoms with van der Waals surface area (Å²) < 4.78 is 13.1. The van der Waals surface area contributed by atoms with E-state index in [9.17, 15) is 14.0 Å². The van der Waals surface area contributed by atoms with Crippen LogP contribution in [0.4, 0.5) is 15.8 Å². The number of para-hydroxylation sites is 1. The number of carbonyl (C=O) groups excluding carboxylic acids is 2. The number of nitrogens with one attached hydrogen (secondary N) is 2. The normalized spacial score (nSPS) is 11.0. The molecule has 4 N–H and O–H groups in total. The minimum Gasteiger partial charge on any atom is -0.384 e. The molecule has 0 unspecified atom stereocenters. The predicted molar refractivity (Wildman–Crippen MR) is 102 cm³/mol. The predicted octanol–water partition coefficient (Wildman–Crippen LogP) is 3.39. The van der Waals surface area contributed by atoms with Gasteiger partial charge in [0.2, 0.25) is 5.91 Å². The number of amides is 2. The molecule has 0 spiro atoms. The van der Waals surface area contributed by atoms with Crippen LogP contribution in [-0.4, -0.2) is 24.3 Å². The van der Waals surface area contributed by atoms with E-state index < -0.39 is 24.2 Å². The minimum absolute atomic E-state index is 0.125. The standard InChI is InChI=1S/C17H15Cl2FN4O3/c18-11-3-1-2-4-14(11)23-16(25)8-15(21)24-27-9-17(26)22-10-5-6-13(20)12(19)7-10/h1-7H,8-9H2,(H2,21,24)(H,22,26)(H,23,25). The smallest absolute Gasteiger partial charge is 0.265 e. The molecule has 2 aromatic rings. The average Bonchev–Trinajstić information content (AvgIpc) is 2.60. The summed E-state index contributed by atoms with van der Waals surface area (Å²) in [6.45, 7) is -0.457. The van der Waals surface area contributed by atoms with Crippen LogP contribution in [0.15, 0.2) is 47.6 Å². The van der Waals surface area contributed by atoms with Gasteiger partial charge in [-0.2, -0.15) is 0 Å². The Morgan fingerprint density at radius 3 is 2.52 bits per heavy atom. The zero-order valence-corrected chi connectivity index (χ0v) is 15.4. The summed E-state index contributed by atoms with van der Waals surface area (Å²) >= 11 is 11.6. The highest BCUT2D eigenvalue weighted by Crippen LogP contribution is 2.20. The van der Waals surface area contributed by atoms with Crippen molar-refractivity contribution in [2.45, 2.75) is 6.42 Å². The van der Waals surface area contributed by atoms with Crippen LogP contribution in [0.1, 0.15) is 6.42 Å². The first-order valence-electron chi connectivity index (χ1n) is 7.58. The van der Waals surface area contributed by atoms with Crippen LogP contribution in [0, 0.1) is 5.82 Å². The molecule has 0 saturated heterocycles. The molecule has 0 aromatic heterocycles. The van der Waals surface area contributed by atoms with Crippen LogP contribution in [-0.2, 0) is 14.4 Å². The van der Waals surface area contributed by atoms with Crippen molar-refractivity contribution in [3.63, 3.8) is 0 Å². The maximum atomic E-state index is 13.1. The summed E-state index contributed by atoms with van der Waals surface area (Å²) in [4.78, 5) is 28.4. The Morgan fingerprint density at radius 1 is 1.07 bits per heavy atom. The summed E-state index contributed by atoms with van der Waals surface area (Å²) in [5.41, 5.74) is 6.32. The summed E-state index contributed by atoms with van der Waals surface area (Å²) in [6, 6.07) is 10.4. The van der Waals surface area contributed by atoms with Gasteiger partial charge in [-0.1, -0.05) is 40.5 Å². The molecule has 2 amide bonds. The van der Waals surface area contributed by atoms with Gasteiger partial charge in [0.1, 0.15) is 11.7 Å². The molecule has 7 nitrogen and oxygen atoms in total. The summed E-state index contributed by atoms with van der Waals surface area (Å²) in [6.07, 6.45) is -0.250. The number of nitrogens with two attached hydrogens (primary N) is 1. The van der Waals surface area contributed by atoms with Gasteiger partial charge in [0.15, 0.2) is 6.61 Å². The van der Waals surface area contributed by atoms with Crippen LogP contribution in [0.5, 0.6) is 0 Å². The van der Waals surface area contributed by atoms with Gasteiger partial charge in [0.05, 0.1) is 22.2 Å². The van der Waals surface area contributed by atoms with E-state index in [-0.39, 0.29) is 17.3 Å². The lowest BCUT2D eigenvalue weighted by atomic mass is 10.3. The highest BCUT2D eigenvalue weighted by atomic mass is 35.5. The molecule has 0 atom stereocenters. The summed E-state index contributed by atoms with van der Waals surface area (Å²) in [5.74, 6) is -1.73. The molecular formula is C17H15Cl2FN4O3. The van der Waals surface area contributed by atoms with Crippen LogP contribution >= 0.6 is 23.2 Å². The lowest BCUT2D eigenvalue weighted by Gasteiger charge is -2.07. The fourth-order valence-electron chi connectivity index (χ4n) is 1.90. The molecule has 10 heteroatoms. The van der Waals surface area contributed by atoms with Crippen molar-refractivity contribution >= 4 is 52.2 Å². The largest absolute Gasteiger partial charge is 0.384 e. The van der Waals surface area contributed by atoms with Gasteiger partial charge in [-0.25, -0.2) is 4.39 Å². The Hall–Kier alpha value is -2.84. The van der Waals surface area contributed by atoms with Gasteiger partial charge in [-0.3, -0.25) is 9.59 Å². The van der Waals surface area contributed by atoms with Crippen molar-refractivity contribution in [3.8, 4) is 0 Å². The first-order chi connectivity index (χ1) is 12.8. The van der Waals surface area contributed by atoms with Crippen LogP contribution < -0.4 is 16.4 Å². The minimum atomic E-state index is -0.599. The first kappa shape index (κ1) is 20.5. The Kier molecular flexibility index (Phi) is 7.39. The third kappa shape index (κ3) is 6.76. The highest BCUT2D eigenvalue weighted by molar-refractivity contribution is 6.33. The molecule has 27 heavy (non-hydrogen) atoms. The second-order valence-electron chi connectivity index (χ2n) is 5.24. The molecule has 0 saturated carbocycles. The van der Waals surface area contributed by atoms with E-state index >= 15 is 0 Å². The number of anilines is 2. The molecular weight excluding hydrogens is 398 g/mol. The molecule has 2 aromatic carbocycles. The number of rotatable bonds is 7. The Balaban J connectivity index is 1.77. The van der Waals surface area contributed by atoms with Crippen molar-refractivity contribution in [2.75, 3.05) is 17.2 Å². The van der Waals surface area contributed by atoms with Crippen molar-refractivity contribution in [2.24, 2.45) is 10.9 Å². The van der Waals surface area contributed by atoms with E-state index in [1.165, 1.54) is 12.1 Å². The highest BCUT2D eigenvalue weighted by Gasteiger charge is 2.09. The van der Waals surface area contributed by atoms with Crippen molar-refractivity contribution in [3.05, 3.63) is 58.3 Å². The second kappa shape index (κ2) is 9.75. The number of amidine groups is 1. The number of halogens is 3. The molecule has 0 bridgehead atoms. The van der Waals surface area contributed by atoms with Crippen molar-refractivity contribution in [1.29, 1.82) is 0 Å². The van der Waals surface area contributed by atoms with Gasteiger partial charge >= 0.3 is 0 Å². The number of hydrogen-bond donors (Lipinski definition) is 3. The van der Waals surface area contributed by atoms with Gasteiger partial charge in [-0.15, -0.1) is 0 Å². The molecule has 0 aliphatic rings. The monoisotopic (exact) mass is 412 g/mol. The fourth-order valence-corrected chi connectivity index (χ4v) is 2.26. The number of carbonyl (C=O) groups is 2. The van der Waals surface area contributed by atoms with E-state index in [1.54, 1.807) is 24.3 Å². The molecule has 2 rings (SSSR count). The van der Waals surface area contributed by atoms with Gasteiger partial charge in [0, 0.05) is 5.69 Å². The van der Waals surface area contributed by atoms with Gasteiger partial charge in [-0.05, 0) is 30.3 Å². The number of oxime groups is 1. The number of benzene rings is 2. The fraction of sp³-hybridized carbons (Fsp3) is 0.118. The Labute approximate surface area is 164 Å². The van der Waals surface area contributed by atoms with E-state index in [0.717, 1.165) is 6.07 Å². The maximum absolute atomic E-state index is 13.1. The van der Waals surface area contributed by atoms with Crippen molar-refractivity contribution in [1.82, 2.24) is 0 Å². The zero-order chi connectivity index (χ0) is 19.8. The maximum Gasteiger partial charge on any atom is 0.265 e. The van der Waals surface area contributed by atoms with Crippen LogP contribution in [0.2, 0.25) is 10.0 Å². The van der Waals surface area contributed by atoms with Crippen LogP contribution in [0.3, 0.4) is 0 Å². The number of hydrogen-bond acceptors (Lipinski definition) is 4. The third-order valence-electron chi connectivity index (χ3n) is 3.07. The lowest BCUT2D eigenvalue weighted by molar-refractivity contribution is -0.120. The third-order valence-corrected chi connectivity index (χ3v) is 3.69. The van der Waals surface area contributed by atoms with E-state index in [0.29, 0.717) is 16.4 Å². The Morgan fingerprint density at radius 2 is 1.81 bits per heavy atom. The van der Waals surface area contributed by atoms with Crippen molar-refractivity contribution < 1.29 is 18.8 Å². The molecule has 0 radical (unpaired) electrons. The van der Waals surface area contributed by atoms with E-state index in [1.807, 2.05) is 0 Å². The SMILES string of the molecule is N/C(CC(=O)Nc1ccccc1Cl)=N/OCC(=O)Nc1ccc(F)c(Cl)c1. The molecule has 0 aliphatic carbocycles. The molecule has 142 valence electrons. The van der Waals surface area contributed by atoms with Gasteiger partial charge < -0.3 is 21.2 Å². The second-order valence-corrected chi connectivity index (χ2v) is 6.05.